The number of pyridine rings is 1. The molecule has 4 nitrogen and oxygen atoms in total. The summed E-state index contributed by atoms with van der Waals surface area (Å²) in [7, 11) is 0. The van der Waals surface area contributed by atoms with Gasteiger partial charge in [0.05, 0.1) is 21.9 Å². The quantitative estimate of drug-likeness (QED) is 0.744. The zero-order chi connectivity index (χ0) is 24.2. The van der Waals surface area contributed by atoms with Crippen molar-refractivity contribution in [2.45, 2.75) is 20.3 Å². The van der Waals surface area contributed by atoms with E-state index in [0.717, 1.165) is 5.56 Å². The number of nitrogens with zero attached hydrogens (tertiary/aromatic N) is 3. The van der Waals surface area contributed by atoms with Gasteiger partial charge < -0.3 is 9.30 Å². The number of imidazole rings is 1. The van der Waals surface area contributed by atoms with Crippen LogP contribution in [-0.2, 0) is 11.2 Å². The Balaban J connectivity index is 2.29. The van der Waals surface area contributed by atoms with Gasteiger partial charge in [-0.3, -0.25) is 4.79 Å². The third kappa shape index (κ3) is 2.97. The first kappa shape index (κ1) is 7.77. The maximum atomic E-state index is 13.0. The fourth-order valence-corrected chi connectivity index (χ4v) is 2.33. The van der Waals surface area contributed by atoms with E-state index in [1.54, 1.807) is 24.3 Å². The molecule has 0 saturated heterocycles. The van der Waals surface area contributed by atoms with Crippen molar-refractivity contribution >= 4 is 11.6 Å². The molecule has 1 amide bonds. The van der Waals surface area contributed by atoms with Crippen LogP contribution in [0.1, 0.15) is 29.2 Å². The second kappa shape index (κ2) is 5.88. The molecule has 2 heterocycles. The van der Waals surface area contributed by atoms with E-state index in [2.05, 4.69) is 4.98 Å². The Morgan fingerprint density at radius 1 is 1.22 bits per heavy atom. The highest BCUT2D eigenvalue weighted by atomic mass is 16.2. The molecular formula is C19H21N3O. The second-order valence-corrected chi connectivity index (χ2v) is 5.32. The highest BCUT2D eigenvalue weighted by molar-refractivity contribution is 5.81. The molecule has 118 valence electrons. The van der Waals surface area contributed by atoms with Gasteiger partial charge in [0.1, 0.15) is 5.65 Å². The number of benzene rings is 1. The molecule has 0 spiro atoms. The number of carbonyl (C=O) groups excluding carboxylic acids is 1. The van der Waals surface area contributed by atoms with Gasteiger partial charge in [-0.2, -0.15) is 0 Å². The predicted octanol–water partition coefficient (Wildman–Crippen LogP) is 3.25. The standard InChI is InChI=1S/C19H21N3O/c1-13-5-8-15(9-6-13)19-16(11-18(23)21(3)4)22-12-14(2)7-10-17(22)20-19/h5-10,12H,11H2,1-4H3/i3D3,4D3,7D,10D,12D. The number of rotatable bonds is 3. The number of hydrogen-bond acceptors (Lipinski definition) is 2. The van der Waals surface area contributed by atoms with Gasteiger partial charge in [0, 0.05) is 33.9 Å². The highest BCUT2D eigenvalue weighted by Gasteiger charge is 2.18. The van der Waals surface area contributed by atoms with Crippen LogP contribution in [0.2, 0.25) is 0 Å². The number of amides is 1. The molecule has 0 bridgehead atoms. The van der Waals surface area contributed by atoms with Crippen molar-refractivity contribution < 1.29 is 17.1 Å². The van der Waals surface area contributed by atoms with E-state index in [0.29, 0.717) is 5.56 Å². The molecule has 0 N–H and O–H groups in total. The second-order valence-electron chi connectivity index (χ2n) is 5.32. The first-order chi connectivity index (χ1) is 14.6. The normalized spacial score (nSPS) is 17.7. The van der Waals surface area contributed by atoms with Crippen LogP contribution in [0, 0.1) is 13.8 Å². The molecule has 0 fully saturated rings. The molecule has 0 radical (unpaired) electrons. The van der Waals surface area contributed by atoms with Crippen LogP contribution in [0.25, 0.3) is 16.9 Å². The number of likely N-dealkylation sites (N-methyl/N-ethyl adjacent to an activating group) is 1. The van der Waals surface area contributed by atoms with E-state index >= 15 is 0 Å². The van der Waals surface area contributed by atoms with Gasteiger partial charge in [-0.1, -0.05) is 35.9 Å². The topological polar surface area (TPSA) is 37.6 Å². The minimum atomic E-state index is -3.21. The third-order valence-corrected chi connectivity index (χ3v) is 3.51. The monoisotopic (exact) mass is 316 g/mol. The summed E-state index contributed by atoms with van der Waals surface area (Å²) in [4.78, 5) is 17.2. The fraction of sp³-hybridized carbons (Fsp3) is 0.263. The average Bonchev–Trinajstić information content (AvgIpc) is 3.02. The van der Waals surface area contributed by atoms with Crippen molar-refractivity contribution in [1.82, 2.24) is 14.3 Å². The largest absolute Gasteiger partial charge is 0.348 e. The molecule has 0 aliphatic heterocycles. The minimum absolute atomic E-state index is 0.0432. The lowest BCUT2D eigenvalue weighted by molar-refractivity contribution is -0.128. The smallest absolute Gasteiger partial charge is 0.228 e. The van der Waals surface area contributed by atoms with Crippen LogP contribution in [-0.4, -0.2) is 34.1 Å². The molecule has 1 aromatic carbocycles. The zero-order valence-corrected chi connectivity index (χ0v) is 12.8. The SMILES string of the molecule is [2H]c1c(C)c([2H])n2c(CC(=O)N(C([2H])([2H])[2H])C([2H])([2H])[2H])c(-c3ccc(C)cc3)nc2c1[2H]. The van der Waals surface area contributed by atoms with Gasteiger partial charge >= 0.3 is 0 Å². The number of aryl methyl sites for hydroxylation is 1. The van der Waals surface area contributed by atoms with Crippen LogP contribution >= 0.6 is 0 Å². The molecule has 0 saturated carbocycles. The Labute approximate surface area is 149 Å². The predicted molar refractivity (Wildman–Crippen MR) is 92.5 cm³/mol. The molecule has 3 rings (SSSR count). The number of carbonyl (C=O) groups is 1. The number of fused-ring (bicyclic) bond motifs is 1. The van der Waals surface area contributed by atoms with Crippen molar-refractivity contribution in [3.05, 3.63) is 59.3 Å². The van der Waals surface area contributed by atoms with E-state index < -0.39 is 26.3 Å². The summed E-state index contributed by atoms with van der Waals surface area (Å²) in [5.74, 6) is -1.20. The van der Waals surface area contributed by atoms with Crippen molar-refractivity contribution in [3.8, 4) is 11.3 Å². The maximum absolute atomic E-state index is 13.0. The third-order valence-electron chi connectivity index (χ3n) is 3.51. The molecular weight excluding hydrogens is 286 g/mol. The van der Waals surface area contributed by atoms with Gasteiger partial charge in [-0.25, -0.2) is 4.98 Å². The van der Waals surface area contributed by atoms with Crippen molar-refractivity contribution in [3.63, 3.8) is 0 Å². The first-order valence-electron chi connectivity index (χ1n) is 11.5. The lowest BCUT2D eigenvalue weighted by atomic mass is 10.1. The van der Waals surface area contributed by atoms with E-state index in [1.807, 2.05) is 6.92 Å². The van der Waals surface area contributed by atoms with Crippen LogP contribution in [0.15, 0.2) is 42.5 Å². The summed E-state index contributed by atoms with van der Waals surface area (Å²) in [6.45, 7) is -3.05. The van der Waals surface area contributed by atoms with Crippen LogP contribution in [0.5, 0.6) is 0 Å². The molecule has 2 aromatic heterocycles. The summed E-state index contributed by atoms with van der Waals surface area (Å²) in [6, 6.07) is 6.59. The van der Waals surface area contributed by atoms with E-state index in [4.69, 9.17) is 12.3 Å². The molecule has 0 aliphatic rings. The summed E-state index contributed by atoms with van der Waals surface area (Å²) in [5.41, 5.74) is 1.92. The Morgan fingerprint density at radius 3 is 2.65 bits per heavy atom. The Kier molecular flexibility index (Phi) is 1.99. The number of aromatic nitrogens is 2. The zero-order valence-electron chi connectivity index (χ0n) is 21.8. The Morgan fingerprint density at radius 2 is 1.96 bits per heavy atom. The fourth-order valence-electron chi connectivity index (χ4n) is 2.33. The molecule has 0 aliphatic carbocycles. The number of hydrogen-bond donors (Lipinski definition) is 0. The van der Waals surface area contributed by atoms with Crippen LogP contribution < -0.4 is 0 Å². The maximum Gasteiger partial charge on any atom is 0.228 e. The Bertz CT molecular complexity index is 1180. The van der Waals surface area contributed by atoms with Gasteiger partial charge in [-0.15, -0.1) is 0 Å². The summed E-state index contributed by atoms with van der Waals surface area (Å²) in [5, 5.41) is 0. The van der Waals surface area contributed by atoms with Gasteiger partial charge in [0.25, 0.3) is 0 Å². The average molecular weight is 316 g/mol. The van der Waals surface area contributed by atoms with Gasteiger partial charge in [0.15, 0.2) is 0 Å². The first-order valence-corrected chi connectivity index (χ1v) is 7.02. The summed E-state index contributed by atoms with van der Waals surface area (Å²) >= 11 is 0. The lowest BCUT2D eigenvalue weighted by Crippen LogP contribution is -2.24. The molecule has 3 aromatic rings. The van der Waals surface area contributed by atoms with E-state index in [-0.39, 0.29) is 45.8 Å². The lowest BCUT2D eigenvalue weighted by Gasteiger charge is -2.11. The van der Waals surface area contributed by atoms with Gasteiger partial charge in [0.2, 0.25) is 5.91 Å². The Hall–Kier alpha value is -2.62. The van der Waals surface area contributed by atoms with Crippen molar-refractivity contribution in [2.24, 2.45) is 0 Å². The van der Waals surface area contributed by atoms with E-state index in [9.17, 15) is 4.79 Å². The van der Waals surface area contributed by atoms with Crippen LogP contribution in [0.3, 0.4) is 0 Å². The van der Waals surface area contributed by atoms with Crippen LogP contribution in [0.4, 0.5) is 0 Å². The van der Waals surface area contributed by atoms with E-state index in [1.165, 1.54) is 11.3 Å². The van der Waals surface area contributed by atoms with Crippen molar-refractivity contribution in [2.75, 3.05) is 14.0 Å². The summed E-state index contributed by atoms with van der Waals surface area (Å²) in [6.07, 6.45) is -0.868. The van der Waals surface area contributed by atoms with Gasteiger partial charge in [-0.05, 0) is 25.5 Å². The highest BCUT2D eigenvalue weighted by Crippen LogP contribution is 2.26. The molecule has 23 heavy (non-hydrogen) atoms. The molecule has 0 unspecified atom stereocenters. The summed E-state index contributed by atoms with van der Waals surface area (Å²) < 4.78 is 71.1. The minimum Gasteiger partial charge on any atom is -0.348 e. The van der Waals surface area contributed by atoms with Crippen molar-refractivity contribution in [1.29, 1.82) is 0 Å². The molecule has 0 atom stereocenters. The molecule has 4 heteroatoms.